The Labute approximate surface area is 180 Å². The van der Waals surface area contributed by atoms with Gasteiger partial charge < -0.3 is 19.6 Å². The zero-order valence-corrected chi connectivity index (χ0v) is 22.3. The van der Waals surface area contributed by atoms with Gasteiger partial charge in [0.15, 0.2) is 0 Å². The van der Waals surface area contributed by atoms with Crippen molar-refractivity contribution in [1.29, 1.82) is 0 Å². The van der Waals surface area contributed by atoms with Crippen LogP contribution in [0.5, 0.6) is 11.9 Å². The highest BCUT2D eigenvalue weighted by Gasteiger charge is 2.23. The van der Waals surface area contributed by atoms with Gasteiger partial charge in [0.25, 0.3) is 5.56 Å². The van der Waals surface area contributed by atoms with Crippen molar-refractivity contribution >= 4 is 36.5 Å². The molecule has 0 radical (unpaired) electrons. The van der Waals surface area contributed by atoms with Gasteiger partial charge in [0.2, 0.25) is 22.5 Å². The Kier molecular flexibility index (Phi) is 8.22. The van der Waals surface area contributed by atoms with E-state index in [1.54, 1.807) is 0 Å². The van der Waals surface area contributed by atoms with Gasteiger partial charge in [0, 0.05) is 12.1 Å². The van der Waals surface area contributed by atoms with Crippen molar-refractivity contribution in [3.8, 4) is 11.9 Å². The van der Waals surface area contributed by atoms with Crippen molar-refractivity contribution in [3.05, 3.63) is 33.0 Å². The first-order valence-corrected chi connectivity index (χ1v) is 19.9. The highest BCUT2D eigenvalue weighted by Crippen LogP contribution is 2.23. The molecular formula is C17H34N6O4Si3. The van der Waals surface area contributed by atoms with Crippen LogP contribution in [0, 0.1) is 0 Å². The summed E-state index contributed by atoms with van der Waals surface area (Å²) in [5.74, 6) is 1.48. The molecular weight excluding hydrogens is 436 g/mol. The van der Waals surface area contributed by atoms with Gasteiger partial charge in [-0.15, -0.1) is 0 Å². The number of aromatic amines is 2. The molecule has 0 amide bonds. The smallest absolute Gasteiger partial charge is 0.327 e. The second-order valence-corrected chi connectivity index (χ2v) is 23.3. The van der Waals surface area contributed by atoms with Crippen LogP contribution in [0.25, 0.3) is 0 Å². The molecule has 2 heterocycles. The molecule has 5 N–H and O–H groups in total. The van der Waals surface area contributed by atoms with Crippen molar-refractivity contribution in [2.75, 3.05) is 10.7 Å². The van der Waals surface area contributed by atoms with Crippen molar-refractivity contribution in [3.63, 3.8) is 0 Å². The molecule has 2 aromatic heterocycles. The Morgan fingerprint density at radius 2 is 1.43 bits per heavy atom. The zero-order chi connectivity index (χ0) is 23.3. The summed E-state index contributed by atoms with van der Waals surface area (Å²) in [4.78, 5) is 37.2. The Hall–Kier alpha value is -2.39. The van der Waals surface area contributed by atoms with Crippen LogP contribution in [0.3, 0.4) is 0 Å². The molecule has 0 aliphatic heterocycles. The number of nitrogen functional groups attached to an aromatic ring is 1. The molecule has 0 fully saturated rings. The third-order valence-electron chi connectivity index (χ3n) is 2.77. The summed E-state index contributed by atoms with van der Waals surface area (Å²) in [6, 6.07) is 3.40. The number of H-pyrrole nitrogens is 2. The molecule has 0 spiro atoms. The fraction of sp³-hybridized carbons (Fsp3) is 0.529. The largest absolute Gasteiger partial charge is 0.531 e. The van der Waals surface area contributed by atoms with Crippen LogP contribution < -0.4 is 30.8 Å². The summed E-state index contributed by atoms with van der Waals surface area (Å²) in [5, 5.41) is 0. The number of rotatable bonds is 6. The highest BCUT2D eigenvalue weighted by atomic mass is 28.4. The lowest BCUT2D eigenvalue weighted by Crippen LogP contribution is -2.34. The number of nitrogens with two attached hydrogens (primary N) is 1. The summed E-state index contributed by atoms with van der Waals surface area (Å²) in [5.41, 5.74) is 4.01. The summed E-state index contributed by atoms with van der Waals surface area (Å²) in [6.07, 6.45) is 0. The van der Waals surface area contributed by atoms with Crippen LogP contribution in [-0.4, -0.2) is 44.8 Å². The first-order chi connectivity index (χ1) is 13.4. The van der Waals surface area contributed by atoms with E-state index in [4.69, 9.17) is 14.6 Å². The summed E-state index contributed by atoms with van der Waals surface area (Å²) >= 11 is 0. The van der Waals surface area contributed by atoms with Gasteiger partial charge in [-0.25, -0.2) is 4.79 Å². The maximum absolute atomic E-state index is 10.4. The molecule has 13 heteroatoms. The molecule has 30 heavy (non-hydrogen) atoms. The van der Waals surface area contributed by atoms with E-state index in [-0.39, 0.29) is 5.82 Å². The molecule has 0 aliphatic carbocycles. The zero-order valence-electron chi connectivity index (χ0n) is 19.3. The molecule has 0 aliphatic rings. The van der Waals surface area contributed by atoms with E-state index >= 15 is 0 Å². The topological polar surface area (TPSA) is 148 Å². The van der Waals surface area contributed by atoms with E-state index in [1.165, 1.54) is 0 Å². The predicted molar refractivity (Wildman–Crippen MR) is 129 cm³/mol. The first kappa shape index (κ1) is 25.6. The Morgan fingerprint density at radius 1 is 0.867 bits per heavy atom. The van der Waals surface area contributed by atoms with Crippen LogP contribution in [0.15, 0.2) is 21.7 Å². The third-order valence-corrected chi connectivity index (χ3v) is 5.40. The van der Waals surface area contributed by atoms with Crippen LogP contribution in [0.4, 0.5) is 11.6 Å². The lowest BCUT2D eigenvalue weighted by Gasteiger charge is -2.24. The van der Waals surface area contributed by atoms with Crippen molar-refractivity contribution < 1.29 is 8.85 Å². The lowest BCUT2D eigenvalue weighted by molar-refractivity contribution is 0.477. The molecule has 0 saturated heterocycles. The van der Waals surface area contributed by atoms with E-state index in [0.29, 0.717) is 11.9 Å². The number of hydrogen-bond donors (Lipinski definition) is 4. The van der Waals surface area contributed by atoms with Gasteiger partial charge in [-0.1, -0.05) is 19.6 Å². The van der Waals surface area contributed by atoms with Crippen molar-refractivity contribution in [2.45, 2.75) is 58.9 Å². The average molecular weight is 471 g/mol. The Morgan fingerprint density at radius 3 is 1.87 bits per heavy atom. The SMILES string of the molecule is C[Si](C)(C)Nc1cc(O[Si](C)(C)C)nc(O[Si](C)(C)C)n1.Nc1cc(=O)[nH]c(=O)[nH]1. The summed E-state index contributed by atoms with van der Waals surface area (Å²) in [7, 11) is -4.95. The summed E-state index contributed by atoms with van der Waals surface area (Å²) < 4.78 is 12.0. The fourth-order valence-corrected chi connectivity index (χ4v) is 4.29. The summed E-state index contributed by atoms with van der Waals surface area (Å²) in [6.45, 7) is 19.5. The number of aromatic nitrogens is 4. The normalized spacial score (nSPS) is 11.9. The second kappa shape index (κ2) is 9.61. The van der Waals surface area contributed by atoms with Gasteiger partial charge in [-0.3, -0.25) is 14.8 Å². The highest BCUT2D eigenvalue weighted by molar-refractivity contribution is 6.79. The number of hydrogen-bond acceptors (Lipinski definition) is 8. The minimum atomic E-state index is -1.75. The average Bonchev–Trinajstić information content (AvgIpc) is 2.39. The molecule has 0 atom stereocenters. The molecule has 0 bridgehead atoms. The van der Waals surface area contributed by atoms with Gasteiger partial charge in [0.1, 0.15) is 19.9 Å². The van der Waals surface area contributed by atoms with E-state index in [0.717, 1.165) is 11.9 Å². The quantitative estimate of drug-likeness (QED) is 0.471. The van der Waals surface area contributed by atoms with Crippen molar-refractivity contribution in [1.82, 2.24) is 19.9 Å². The minimum absolute atomic E-state index is 0.0729. The maximum atomic E-state index is 10.4. The van der Waals surface area contributed by atoms with Gasteiger partial charge in [0.05, 0.1) is 0 Å². The fourth-order valence-electron chi connectivity index (χ4n) is 2.03. The monoisotopic (exact) mass is 470 g/mol. The standard InChI is InChI=1S/C13H29N3O2Si3.C4H5N3O2/c1-19(2,3)16-11-10-12(17-20(4,5)6)15-13(14-11)18-21(7,8)9;5-2-1-3(8)7-4(9)6-2/h10H,1-9H3,(H,14,15,16);1H,(H4,5,6,7,8,9). The van der Waals surface area contributed by atoms with E-state index < -0.39 is 36.1 Å². The number of anilines is 2. The van der Waals surface area contributed by atoms with E-state index in [2.05, 4.69) is 78.9 Å². The van der Waals surface area contributed by atoms with Crippen LogP contribution in [0.1, 0.15) is 0 Å². The lowest BCUT2D eigenvalue weighted by atomic mass is 10.6. The molecule has 168 valence electrons. The van der Waals surface area contributed by atoms with Gasteiger partial charge >= 0.3 is 11.7 Å². The van der Waals surface area contributed by atoms with E-state index in [1.807, 2.05) is 11.1 Å². The van der Waals surface area contributed by atoms with Crippen LogP contribution in [-0.2, 0) is 0 Å². The minimum Gasteiger partial charge on any atom is -0.531 e. The number of nitrogens with zero attached hydrogens (tertiary/aromatic N) is 2. The molecule has 10 nitrogen and oxygen atoms in total. The van der Waals surface area contributed by atoms with Gasteiger partial charge in [-0.2, -0.15) is 9.97 Å². The predicted octanol–water partition coefficient (Wildman–Crippen LogP) is 2.80. The van der Waals surface area contributed by atoms with Crippen molar-refractivity contribution in [2.24, 2.45) is 0 Å². The van der Waals surface area contributed by atoms with Crippen LogP contribution in [0.2, 0.25) is 58.9 Å². The molecule has 0 aromatic carbocycles. The molecule has 0 unspecified atom stereocenters. The molecule has 2 aromatic rings. The van der Waals surface area contributed by atoms with E-state index in [9.17, 15) is 9.59 Å². The van der Waals surface area contributed by atoms with Gasteiger partial charge in [-0.05, 0) is 39.3 Å². The molecule has 2 rings (SSSR count). The maximum Gasteiger partial charge on any atom is 0.327 e. The first-order valence-electron chi connectivity index (χ1n) is 9.56. The van der Waals surface area contributed by atoms with Crippen LogP contribution >= 0.6 is 0 Å². The number of nitrogens with one attached hydrogen (secondary N) is 3. The molecule has 0 saturated carbocycles. The Balaban J connectivity index is 0.000000414. The second-order valence-electron chi connectivity index (χ2n) is 9.72. The third kappa shape index (κ3) is 11.6. The Bertz CT molecular complexity index is 846.